The Morgan fingerprint density at radius 1 is 1.38 bits per heavy atom. The number of aliphatic hydroxyl groups is 1. The van der Waals surface area contributed by atoms with E-state index in [0.717, 1.165) is 43.9 Å². The first-order valence-electron chi connectivity index (χ1n) is 7.89. The number of piperidine rings is 1. The summed E-state index contributed by atoms with van der Waals surface area (Å²) in [5.41, 5.74) is 1.10. The molecule has 2 rings (SSSR count). The number of rotatable bonds is 7. The summed E-state index contributed by atoms with van der Waals surface area (Å²) in [7, 11) is 0. The number of hydrogen-bond acceptors (Lipinski definition) is 4. The highest BCUT2D eigenvalue weighted by atomic mass is 16.5. The number of likely N-dealkylation sites (tertiary alicyclic amines) is 1. The number of para-hydroxylation sites is 1. The lowest BCUT2D eigenvalue weighted by atomic mass is 10.1. The summed E-state index contributed by atoms with van der Waals surface area (Å²) in [6, 6.07) is 7.89. The van der Waals surface area contributed by atoms with Crippen molar-refractivity contribution in [1.29, 1.82) is 0 Å². The molecule has 118 valence electrons. The molecule has 0 amide bonds. The van der Waals surface area contributed by atoms with Crippen molar-refractivity contribution in [3.63, 3.8) is 0 Å². The molecule has 0 bridgehead atoms. The Morgan fingerprint density at radius 2 is 2.19 bits per heavy atom. The van der Waals surface area contributed by atoms with E-state index in [1.165, 1.54) is 0 Å². The van der Waals surface area contributed by atoms with Crippen LogP contribution < -0.4 is 4.74 Å². The Bertz CT molecular complexity index is 422. The first kappa shape index (κ1) is 16.3. The lowest BCUT2D eigenvalue weighted by Gasteiger charge is -2.33. The van der Waals surface area contributed by atoms with E-state index in [-0.39, 0.29) is 0 Å². The molecule has 1 aromatic carbocycles. The van der Waals surface area contributed by atoms with Crippen LogP contribution in [0.25, 0.3) is 0 Å². The van der Waals surface area contributed by atoms with Crippen molar-refractivity contribution in [3.8, 4) is 5.75 Å². The van der Waals surface area contributed by atoms with Gasteiger partial charge in [0, 0.05) is 19.7 Å². The van der Waals surface area contributed by atoms with Crippen molar-refractivity contribution in [2.45, 2.75) is 38.9 Å². The zero-order valence-electron chi connectivity index (χ0n) is 13.1. The number of aryl methyl sites for hydroxylation is 1. The molecule has 1 aliphatic rings. The lowest BCUT2D eigenvalue weighted by molar-refractivity contribution is -0.0123. The predicted octanol–water partition coefficient (Wildman–Crippen LogP) is 2.24. The lowest BCUT2D eigenvalue weighted by Crippen LogP contribution is -2.44. The van der Waals surface area contributed by atoms with E-state index < -0.39 is 6.10 Å². The molecule has 1 heterocycles. The van der Waals surface area contributed by atoms with Crippen molar-refractivity contribution in [2.24, 2.45) is 0 Å². The molecule has 0 aromatic heterocycles. The Morgan fingerprint density at radius 3 is 2.95 bits per heavy atom. The van der Waals surface area contributed by atoms with Crippen LogP contribution in [0.3, 0.4) is 0 Å². The van der Waals surface area contributed by atoms with Crippen molar-refractivity contribution >= 4 is 0 Å². The molecular formula is C17H27NO3. The number of ether oxygens (including phenoxy) is 2. The Kier molecular flexibility index (Phi) is 6.49. The van der Waals surface area contributed by atoms with Crippen LogP contribution in [-0.4, -0.2) is 55.1 Å². The summed E-state index contributed by atoms with van der Waals surface area (Å²) in [6.07, 6.45) is 2.11. The van der Waals surface area contributed by atoms with E-state index in [1.807, 2.05) is 38.1 Å². The number of aliphatic hydroxyl groups excluding tert-OH is 1. The van der Waals surface area contributed by atoms with E-state index in [4.69, 9.17) is 9.47 Å². The fourth-order valence-electron chi connectivity index (χ4n) is 2.81. The second-order valence-electron chi connectivity index (χ2n) is 5.71. The number of benzene rings is 1. The van der Waals surface area contributed by atoms with Gasteiger partial charge < -0.3 is 14.6 Å². The van der Waals surface area contributed by atoms with Crippen LogP contribution in [-0.2, 0) is 4.74 Å². The average molecular weight is 293 g/mol. The van der Waals surface area contributed by atoms with Gasteiger partial charge in [-0.05, 0) is 44.9 Å². The quantitative estimate of drug-likeness (QED) is 0.837. The maximum Gasteiger partial charge on any atom is 0.122 e. The topological polar surface area (TPSA) is 41.9 Å². The highest BCUT2D eigenvalue weighted by molar-refractivity contribution is 5.31. The van der Waals surface area contributed by atoms with Gasteiger partial charge in [-0.15, -0.1) is 0 Å². The summed E-state index contributed by atoms with van der Waals surface area (Å²) in [6.45, 7) is 7.73. The van der Waals surface area contributed by atoms with Gasteiger partial charge in [-0.2, -0.15) is 0 Å². The summed E-state index contributed by atoms with van der Waals surface area (Å²) >= 11 is 0. The summed E-state index contributed by atoms with van der Waals surface area (Å²) < 4.78 is 11.4. The zero-order valence-corrected chi connectivity index (χ0v) is 13.1. The van der Waals surface area contributed by atoms with Crippen molar-refractivity contribution in [1.82, 2.24) is 4.90 Å². The minimum atomic E-state index is -0.468. The van der Waals surface area contributed by atoms with E-state index >= 15 is 0 Å². The Labute approximate surface area is 127 Å². The van der Waals surface area contributed by atoms with E-state index in [0.29, 0.717) is 19.3 Å². The zero-order chi connectivity index (χ0) is 15.1. The van der Waals surface area contributed by atoms with Crippen LogP contribution in [0.5, 0.6) is 5.75 Å². The molecule has 4 nitrogen and oxygen atoms in total. The maximum atomic E-state index is 10.2. The van der Waals surface area contributed by atoms with Crippen LogP contribution >= 0.6 is 0 Å². The molecule has 1 saturated heterocycles. The number of hydrogen-bond donors (Lipinski definition) is 1. The van der Waals surface area contributed by atoms with Gasteiger partial charge in [0.2, 0.25) is 0 Å². The molecule has 1 N–H and O–H groups in total. The molecule has 0 aliphatic carbocycles. The standard InChI is InChI=1S/C17H27NO3/c1-3-20-16-8-6-10-18(12-16)11-15(19)13-21-17-9-5-4-7-14(17)2/h4-5,7,9,15-16,19H,3,6,8,10-13H2,1-2H3. The normalized spacial score (nSPS) is 21.2. The van der Waals surface area contributed by atoms with Gasteiger partial charge >= 0.3 is 0 Å². The third-order valence-corrected chi connectivity index (χ3v) is 3.86. The summed E-state index contributed by atoms with van der Waals surface area (Å²) in [5, 5.41) is 10.2. The van der Waals surface area contributed by atoms with E-state index in [1.54, 1.807) is 0 Å². The monoisotopic (exact) mass is 293 g/mol. The van der Waals surface area contributed by atoms with E-state index in [9.17, 15) is 5.11 Å². The van der Waals surface area contributed by atoms with Gasteiger partial charge in [-0.1, -0.05) is 18.2 Å². The molecule has 1 fully saturated rings. The van der Waals surface area contributed by atoms with Crippen molar-refractivity contribution in [2.75, 3.05) is 32.8 Å². The van der Waals surface area contributed by atoms with Crippen molar-refractivity contribution < 1.29 is 14.6 Å². The first-order valence-corrected chi connectivity index (χ1v) is 7.89. The molecule has 4 heteroatoms. The molecule has 1 aromatic rings. The molecule has 2 unspecified atom stereocenters. The molecule has 21 heavy (non-hydrogen) atoms. The molecule has 1 aliphatic heterocycles. The highest BCUT2D eigenvalue weighted by Crippen LogP contribution is 2.17. The third-order valence-electron chi connectivity index (χ3n) is 3.86. The van der Waals surface area contributed by atoms with Gasteiger partial charge in [0.05, 0.1) is 6.10 Å². The van der Waals surface area contributed by atoms with E-state index in [2.05, 4.69) is 4.90 Å². The summed E-state index contributed by atoms with van der Waals surface area (Å²) in [4.78, 5) is 2.27. The third kappa shape index (κ3) is 5.30. The van der Waals surface area contributed by atoms with Gasteiger partial charge in [0.15, 0.2) is 0 Å². The predicted molar refractivity (Wildman–Crippen MR) is 83.8 cm³/mol. The van der Waals surface area contributed by atoms with Gasteiger partial charge in [-0.3, -0.25) is 4.90 Å². The SMILES string of the molecule is CCOC1CCCN(CC(O)COc2ccccc2C)C1. The molecule has 0 saturated carbocycles. The molecule has 0 spiro atoms. The fourth-order valence-corrected chi connectivity index (χ4v) is 2.81. The Hall–Kier alpha value is -1.10. The van der Waals surface area contributed by atoms with Crippen molar-refractivity contribution in [3.05, 3.63) is 29.8 Å². The maximum absolute atomic E-state index is 10.2. The molecule has 2 atom stereocenters. The average Bonchev–Trinajstić information content (AvgIpc) is 2.47. The highest BCUT2D eigenvalue weighted by Gasteiger charge is 2.22. The van der Waals surface area contributed by atoms with Crippen LogP contribution in [0.2, 0.25) is 0 Å². The van der Waals surface area contributed by atoms with Crippen LogP contribution in [0.4, 0.5) is 0 Å². The largest absolute Gasteiger partial charge is 0.491 e. The second kappa shape index (κ2) is 8.37. The van der Waals surface area contributed by atoms with Gasteiger partial charge in [-0.25, -0.2) is 0 Å². The summed E-state index contributed by atoms with van der Waals surface area (Å²) in [5.74, 6) is 0.849. The molecular weight excluding hydrogens is 266 g/mol. The van der Waals surface area contributed by atoms with Crippen LogP contribution in [0.1, 0.15) is 25.3 Å². The van der Waals surface area contributed by atoms with Crippen LogP contribution in [0, 0.1) is 6.92 Å². The van der Waals surface area contributed by atoms with Crippen LogP contribution in [0.15, 0.2) is 24.3 Å². The number of nitrogens with zero attached hydrogens (tertiary/aromatic N) is 1. The Balaban J connectivity index is 1.74. The smallest absolute Gasteiger partial charge is 0.122 e. The second-order valence-corrected chi connectivity index (χ2v) is 5.71. The minimum absolute atomic E-state index is 0.313. The fraction of sp³-hybridized carbons (Fsp3) is 0.647. The van der Waals surface area contributed by atoms with Gasteiger partial charge in [0.1, 0.15) is 18.5 Å². The molecule has 0 radical (unpaired) electrons. The minimum Gasteiger partial charge on any atom is -0.491 e. The number of β-amino-alcohol motifs (C(OH)–C–C–N with tert-alkyl or cyclic N) is 1. The van der Waals surface area contributed by atoms with Gasteiger partial charge in [0.25, 0.3) is 0 Å². The first-order chi connectivity index (χ1) is 10.2.